The van der Waals surface area contributed by atoms with Crippen LogP contribution < -0.4 is 5.32 Å². The van der Waals surface area contributed by atoms with Crippen molar-refractivity contribution in [3.05, 3.63) is 0 Å². The Hall–Kier alpha value is -2.28. The van der Waals surface area contributed by atoms with Crippen LogP contribution >= 0.6 is 0 Å². The Morgan fingerprint density at radius 2 is 1.17 bits per heavy atom. The lowest BCUT2D eigenvalue weighted by Crippen LogP contribution is -2.49. The summed E-state index contributed by atoms with van der Waals surface area (Å²) in [5.41, 5.74) is 0. The quantitative estimate of drug-likeness (QED) is 0.336. The fraction of sp³-hybridized carbons (Fsp3) is 0.765. The molecule has 12 heteroatoms. The molecule has 3 N–H and O–H groups in total. The highest BCUT2D eigenvalue weighted by Gasteiger charge is 2.20. The van der Waals surface area contributed by atoms with Crippen molar-refractivity contribution in [1.82, 2.24) is 24.9 Å². The number of amides is 1. The minimum atomic E-state index is -0.964. The topological polar surface area (TPSA) is 143 Å². The molecule has 0 aromatic heterocycles. The Labute approximate surface area is 170 Å². The highest BCUT2D eigenvalue weighted by Crippen LogP contribution is 2.01. The Balaban J connectivity index is 2.89. The number of nitrogens with one attached hydrogen (secondary N) is 1. The highest BCUT2D eigenvalue weighted by molar-refractivity contribution is 5.77. The third-order valence-corrected chi connectivity index (χ3v) is 4.62. The number of likely N-dealkylation sites (N-methyl/N-ethyl adjacent to an activating group) is 1. The van der Waals surface area contributed by atoms with E-state index >= 15 is 0 Å². The zero-order valence-corrected chi connectivity index (χ0v) is 16.8. The smallest absolute Gasteiger partial charge is 0.317 e. The van der Waals surface area contributed by atoms with Crippen molar-refractivity contribution in [2.75, 3.05) is 85.8 Å². The summed E-state index contributed by atoms with van der Waals surface area (Å²) in [7, 11) is 1.55. The maximum Gasteiger partial charge on any atom is 0.317 e. The molecule has 1 heterocycles. The van der Waals surface area contributed by atoms with Crippen molar-refractivity contribution >= 4 is 24.3 Å². The molecule has 1 saturated heterocycles. The summed E-state index contributed by atoms with van der Waals surface area (Å²) in [6.07, 6.45) is 0. The van der Waals surface area contributed by atoms with Crippen molar-refractivity contribution in [2.24, 2.45) is 0 Å². The number of ether oxygens (including phenoxy) is 1. The van der Waals surface area contributed by atoms with Crippen molar-refractivity contribution in [1.29, 1.82) is 0 Å². The van der Waals surface area contributed by atoms with Gasteiger partial charge in [-0.25, -0.2) is 0 Å². The van der Waals surface area contributed by atoms with Gasteiger partial charge in [-0.15, -0.1) is 0 Å². The fourth-order valence-corrected chi connectivity index (χ4v) is 2.98. The second-order valence-electron chi connectivity index (χ2n) is 6.80. The molecule has 1 rings (SSSR count). The standard InChI is InChI=1S/C17H31N5O7/c1-18-15(24)10-19-2-3-20(11-16(25)26)4-5-21(12-17(27)28)7-9-22(8-6-19)13-29-14-23/h14H,2-13H2,1H3,(H,18,24)(H,25,26)(H,27,28). The molecule has 0 bridgehead atoms. The number of aliphatic carboxylic acids is 2. The van der Waals surface area contributed by atoms with E-state index in [0.717, 1.165) is 0 Å². The summed E-state index contributed by atoms with van der Waals surface area (Å²) in [4.78, 5) is 51.9. The number of carboxylic acid groups (broad SMARTS) is 2. The van der Waals surface area contributed by atoms with E-state index in [0.29, 0.717) is 58.8 Å². The first kappa shape index (κ1) is 24.8. The van der Waals surface area contributed by atoms with Gasteiger partial charge in [-0.05, 0) is 0 Å². The van der Waals surface area contributed by atoms with E-state index in [-0.39, 0.29) is 32.3 Å². The molecule has 0 radical (unpaired) electrons. The first-order valence-electron chi connectivity index (χ1n) is 9.43. The Kier molecular flexibility index (Phi) is 11.8. The van der Waals surface area contributed by atoms with Crippen molar-refractivity contribution in [3.8, 4) is 0 Å². The van der Waals surface area contributed by atoms with E-state index in [1.807, 2.05) is 9.80 Å². The molecule has 0 aromatic carbocycles. The molecule has 0 atom stereocenters. The average Bonchev–Trinajstić information content (AvgIpc) is 2.66. The number of carbonyl (C=O) groups is 4. The molecular formula is C17H31N5O7. The normalized spacial score (nSPS) is 18.9. The lowest BCUT2D eigenvalue weighted by atomic mass is 10.3. The number of carbonyl (C=O) groups excluding carboxylic acids is 2. The van der Waals surface area contributed by atoms with Crippen LogP contribution in [0.1, 0.15) is 0 Å². The first-order valence-corrected chi connectivity index (χ1v) is 9.43. The molecule has 1 amide bonds. The largest absolute Gasteiger partial charge is 0.480 e. The monoisotopic (exact) mass is 417 g/mol. The molecule has 1 aliphatic rings. The molecule has 29 heavy (non-hydrogen) atoms. The Bertz CT molecular complexity index is 548. The minimum Gasteiger partial charge on any atom is -0.480 e. The zero-order chi connectivity index (χ0) is 21.6. The van der Waals surface area contributed by atoms with E-state index in [9.17, 15) is 19.2 Å². The second kappa shape index (κ2) is 13.8. The van der Waals surface area contributed by atoms with Crippen LogP contribution in [0, 0.1) is 0 Å². The summed E-state index contributed by atoms with van der Waals surface area (Å²) in [5, 5.41) is 20.9. The molecule has 0 spiro atoms. The van der Waals surface area contributed by atoms with Gasteiger partial charge in [-0.1, -0.05) is 0 Å². The van der Waals surface area contributed by atoms with Gasteiger partial charge in [0.15, 0.2) is 0 Å². The van der Waals surface area contributed by atoms with Crippen LogP contribution in [-0.2, 0) is 23.9 Å². The average molecular weight is 417 g/mol. The summed E-state index contributed by atoms with van der Waals surface area (Å²) in [6.45, 7) is 3.86. The number of nitrogens with zero attached hydrogens (tertiary/aromatic N) is 4. The lowest BCUT2D eigenvalue weighted by molar-refractivity contribution is -0.140. The Morgan fingerprint density at radius 3 is 1.52 bits per heavy atom. The third kappa shape index (κ3) is 11.3. The van der Waals surface area contributed by atoms with Gasteiger partial charge in [0, 0.05) is 59.4 Å². The third-order valence-electron chi connectivity index (χ3n) is 4.62. The van der Waals surface area contributed by atoms with Crippen molar-refractivity contribution < 1.29 is 34.1 Å². The van der Waals surface area contributed by atoms with E-state index in [2.05, 4.69) is 5.32 Å². The zero-order valence-electron chi connectivity index (χ0n) is 16.8. The number of carboxylic acids is 2. The van der Waals surface area contributed by atoms with Gasteiger partial charge < -0.3 is 20.3 Å². The molecule has 1 fully saturated rings. The molecule has 1 aliphatic heterocycles. The highest BCUT2D eigenvalue weighted by atomic mass is 16.5. The number of rotatable bonds is 9. The van der Waals surface area contributed by atoms with Crippen LogP contribution in [0.15, 0.2) is 0 Å². The fourth-order valence-electron chi connectivity index (χ4n) is 2.98. The second-order valence-corrected chi connectivity index (χ2v) is 6.80. The molecule has 0 unspecified atom stereocenters. The van der Waals surface area contributed by atoms with Crippen LogP contribution in [0.4, 0.5) is 0 Å². The van der Waals surface area contributed by atoms with E-state index < -0.39 is 11.9 Å². The van der Waals surface area contributed by atoms with Crippen molar-refractivity contribution in [2.45, 2.75) is 0 Å². The lowest BCUT2D eigenvalue weighted by Gasteiger charge is -2.32. The molecule has 12 nitrogen and oxygen atoms in total. The maximum absolute atomic E-state index is 11.8. The van der Waals surface area contributed by atoms with Crippen LogP contribution in [-0.4, -0.2) is 140 Å². The predicted octanol–water partition coefficient (Wildman–Crippen LogP) is -2.75. The van der Waals surface area contributed by atoms with E-state index in [1.165, 1.54) is 0 Å². The van der Waals surface area contributed by atoms with Gasteiger partial charge in [-0.2, -0.15) is 0 Å². The van der Waals surface area contributed by atoms with Gasteiger partial charge in [-0.3, -0.25) is 38.8 Å². The molecule has 0 aromatic rings. The Morgan fingerprint density at radius 1 is 0.793 bits per heavy atom. The molecular weight excluding hydrogens is 386 g/mol. The molecule has 166 valence electrons. The predicted molar refractivity (Wildman–Crippen MR) is 102 cm³/mol. The van der Waals surface area contributed by atoms with E-state index in [4.69, 9.17) is 14.9 Å². The summed E-state index contributed by atoms with van der Waals surface area (Å²) >= 11 is 0. The number of hydrogen-bond donors (Lipinski definition) is 3. The van der Waals surface area contributed by atoms with Crippen LogP contribution in [0.3, 0.4) is 0 Å². The molecule has 0 aliphatic carbocycles. The van der Waals surface area contributed by atoms with Crippen LogP contribution in [0.5, 0.6) is 0 Å². The molecule has 0 saturated carbocycles. The van der Waals surface area contributed by atoms with Crippen LogP contribution in [0.2, 0.25) is 0 Å². The van der Waals surface area contributed by atoms with Gasteiger partial charge >= 0.3 is 11.9 Å². The SMILES string of the molecule is CNC(=O)CN1CCN(COC=O)CCN(CC(=O)O)CCN(CC(=O)O)CC1. The summed E-state index contributed by atoms with van der Waals surface area (Å²) < 4.78 is 4.85. The van der Waals surface area contributed by atoms with E-state index in [1.54, 1.807) is 16.8 Å². The van der Waals surface area contributed by atoms with Gasteiger partial charge in [0.2, 0.25) is 5.91 Å². The summed E-state index contributed by atoms with van der Waals surface area (Å²) in [5.74, 6) is -2.07. The number of hydrogen-bond acceptors (Lipinski definition) is 9. The van der Waals surface area contributed by atoms with Gasteiger partial charge in [0.1, 0.15) is 6.73 Å². The van der Waals surface area contributed by atoms with Gasteiger partial charge in [0.05, 0.1) is 19.6 Å². The van der Waals surface area contributed by atoms with Crippen LogP contribution in [0.25, 0.3) is 0 Å². The van der Waals surface area contributed by atoms with Gasteiger partial charge in [0.25, 0.3) is 6.47 Å². The maximum atomic E-state index is 11.8. The summed E-state index contributed by atoms with van der Waals surface area (Å²) in [6, 6.07) is 0. The van der Waals surface area contributed by atoms with Crippen molar-refractivity contribution in [3.63, 3.8) is 0 Å². The minimum absolute atomic E-state index is 0.0728. The first-order chi connectivity index (χ1) is 13.8.